The van der Waals surface area contributed by atoms with Crippen LogP contribution in [0, 0.1) is 13.8 Å². The van der Waals surface area contributed by atoms with Crippen LogP contribution in [0.1, 0.15) is 35.5 Å². The second-order valence-electron chi connectivity index (χ2n) is 7.52. The quantitative estimate of drug-likeness (QED) is 0.351. The summed E-state index contributed by atoms with van der Waals surface area (Å²) in [4.78, 5) is 29.2. The van der Waals surface area contributed by atoms with E-state index in [1.807, 2.05) is 50.2 Å². The van der Waals surface area contributed by atoms with Crippen LogP contribution in [0.2, 0.25) is 0 Å². The normalized spacial score (nSPS) is 15.8. The first kappa shape index (κ1) is 20.2. The molecule has 9 heteroatoms. The molecule has 0 fully saturated rings. The Labute approximate surface area is 186 Å². The number of esters is 1. The SMILES string of the molecule is CC(=O)Oc1c(C)cc(C=c2sc3nc(C4COc5ccccc5O4)nn3c2=O)cc1C. The molecule has 0 bridgehead atoms. The zero-order valence-corrected chi connectivity index (χ0v) is 18.4. The van der Waals surface area contributed by atoms with Crippen LogP contribution < -0.4 is 24.3 Å². The van der Waals surface area contributed by atoms with Crippen molar-refractivity contribution in [1.82, 2.24) is 14.6 Å². The van der Waals surface area contributed by atoms with Crippen molar-refractivity contribution in [3.63, 3.8) is 0 Å². The third kappa shape index (κ3) is 3.60. The van der Waals surface area contributed by atoms with Crippen molar-refractivity contribution in [2.24, 2.45) is 0 Å². The maximum Gasteiger partial charge on any atom is 0.308 e. The van der Waals surface area contributed by atoms with E-state index in [9.17, 15) is 9.59 Å². The van der Waals surface area contributed by atoms with Crippen molar-refractivity contribution in [2.45, 2.75) is 26.9 Å². The van der Waals surface area contributed by atoms with Crippen molar-refractivity contribution in [3.8, 4) is 17.2 Å². The molecule has 8 nitrogen and oxygen atoms in total. The van der Waals surface area contributed by atoms with Gasteiger partial charge in [0.2, 0.25) is 4.96 Å². The van der Waals surface area contributed by atoms with E-state index < -0.39 is 6.10 Å². The molecule has 2 aromatic carbocycles. The first-order valence-electron chi connectivity index (χ1n) is 9.98. The number of rotatable bonds is 3. The van der Waals surface area contributed by atoms with Gasteiger partial charge < -0.3 is 14.2 Å². The number of aryl methyl sites for hydroxylation is 2. The van der Waals surface area contributed by atoms with E-state index in [-0.39, 0.29) is 18.1 Å². The van der Waals surface area contributed by atoms with Gasteiger partial charge in [0.1, 0.15) is 12.4 Å². The number of ether oxygens (including phenoxy) is 3. The number of thiazole rings is 1. The lowest BCUT2D eigenvalue weighted by Gasteiger charge is -2.24. The molecule has 0 N–H and O–H groups in total. The number of benzene rings is 2. The number of hydrogen-bond donors (Lipinski definition) is 0. The van der Waals surface area contributed by atoms with Crippen LogP contribution in [0.3, 0.4) is 0 Å². The molecule has 5 rings (SSSR count). The highest BCUT2D eigenvalue weighted by Crippen LogP contribution is 2.35. The minimum Gasteiger partial charge on any atom is -0.485 e. The first-order valence-corrected chi connectivity index (χ1v) is 10.8. The molecular weight excluding hydrogens is 430 g/mol. The molecule has 3 heterocycles. The largest absolute Gasteiger partial charge is 0.485 e. The molecule has 162 valence electrons. The van der Waals surface area contributed by atoms with Gasteiger partial charge in [-0.25, -0.2) is 0 Å². The number of hydrogen-bond acceptors (Lipinski definition) is 8. The highest BCUT2D eigenvalue weighted by molar-refractivity contribution is 7.15. The van der Waals surface area contributed by atoms with Gasteiger partial charge in [0.25, 0.3) is 5.56 Å². The molecule has 0 aliphatic carbocycles. The Morgan fingerprint density at radius 2 is 1.94 bits per heavy atom. The highest BCUT2D eigenvalue weighted by atomic mass is 32.1. The third-order valence-electron chi connectivity index (χ3n) is 5.02. The van der Waals surface area contributed by atoms with Crippen molar-refractivity contribution in [3.05, 3.63) is 73.8 Å². The highest BCUT2D eigenvalue weighted by Gasteiger charge is 2.27. The summed E-state index contributed by atoms with van der Waals surface area (Å²) in [6.07, 6.45) is 1.31. The summed E-state index contributed by atoms with van der Waals surface area (Å²) in [6, 6.07) is 11.1. The second kappa shape index (κ2) is 7.76. The van der Waals surface area contributed by atoms with Crippen LogP contribution in [-0.2, 0) is 4.79 Å². The summed E-state index contributed by atoms with van der Waals surface area (Å²) < 4.78 is 18.7. The molecule has 0 saturated heterocycles. The van der Waals surface area contributed by atoms with E-state index in [2.05, 4.69) is 10.1 Å². The van der Waals surface area contributed by atoms with Gasteiger partial charge in [0, 0.05) is 6.92 Å². The number of para-hydroxylation sites is 2. The van der Waals surface area contributed by atoms with E-state index in [0.29, 0.717) is 32.6 Å². The maximum absolute atomic E-state index is 12.9. The molecule has 32 heavy (non-hydrogen) atoms. The number of carbonyl (C=O) groups excluding carboxylic acids is 1. The molecule has 1 unspecified atom stereocenters. The molecule has 0 spiro atoms. The lowest BCUT2D eigenvalue weighted by atomic mass is 10.1. The number of fused-ring (bicyclic) bond motifs is 2. The smallest absolute Gasteiger partial charge is 0.308 e. The fraction of sp³-hybridized carbons (Fsp3) is 0.217. The average molecular weight is 449 g/mol. The van der Waals surface area contributed by atoms with Crippen LogP contribution in [0.4, 0.5) is 0 Å². The van der Waals surface area contributed by atoms with Crippen molar-refractivity contribution >= 4 is 28.3 Å². The lowest BCUT2D eigenvalue weighted by molar-refractivity contribution is -0.131. The Morgan fingerprint density at radius 3 is 2.62 bits per heavy atom. The Bertz CT molecular complexity index is 1450. The maximum atomic E-state index is 12.9. The topological polar surface area (TPSA) is 92.0 Å². The Hall–Kier alpha value is -3.72. The zero-order chi connectivity index (χ0) is 22.4. The average Bonchev–Trinajstić information content (AvgIpc) is 3.30. The van der Waals surface area contributed by atoms with Crippen LogP contribution >= 0.6 is 11.3 Å². The van der Waals surface area contributed by atoms with E-state index in [1.54, 1.807) is 6.08 Å². The molecule has 2 aromatic heterocycles. The molecular formula is C23H19N3O5S. The van der Waals surface area contributed by atoms with E-state index in [4.69, 9.17) is 14.2 Å². The van der Waals surface area contributed by atoms with E-state index in [1.165, 1.54) is 22.8 Å². The third-order valence-corrected chi connectivity index (χ3v) is 5.98. The molecule has 1 aliphatic rings. The second-order valence-corrected chi connectivity index (χ2v) is 8.53. The van der Waals surface area contributed by atoms with Crippen molar-refractivity contribution < 1.29 is 19.0 Å². The van der Waals surface area contributed by atoms with E-state index >= 15 is 0 Å². The predicted molar refractivity (Wildman–Crippen MR) is 118 cm³/mol. The van der Waals surface area contributed by atoms with Crippen LogP contribution in [0.5, 0.6) is 17.2 Å². The zero-order valence-electron chi connectivity index (χ0n) is 17.6. The van der Waals surface area contributed by atoms with Crippen molar-refractivity contribution in [1.29, 1.82) is 0 Å². The summed E-state index contributed by atoms with van der Waals surface area (Å²) in [6.45, 7) is 5.37. The molecule has 1 aliphatic heterocycles. The number of nitrogens with zero attached hydrogens (tertiary/aromatic N) is 3. The van der Waals surface area contributed by atoms with E-state index in [0.717, 1.165) is 16.7 Å². The van der Waals surface area contributed by atoms with Crippen LogP contribution in [-0.4, -0.2) is 27.2 Å². The fourth-order valence-electron chi connectivity index (χ4n) is 3.66. The fourth-order valence-corrected chi connectivity index (χ4v) is 4.57. The predicted octanol–water partition coefficient (Wildman–Crippen LogP) is 2.75. The van der Waals surface area contributed by atoms with Gasteiger partial charge in [-0.1, -0.05) is 23.5 Å². The Morgan fingerprint density at radius 1 is 1.22 bits per heavy atom. The lowest BCUT2D eigenvalue weighted by Crippen LogP contribution is -2.26. The molecule has 0 radical (unpaired) electrons. The van der Waals surface area contributed by atoms with Crippen molar-refractivity contribution in [2.75, 3.05) is 6.61 Å². The molecule has 4 aromatic rings. The van der Waals surface area contributed by atoms with Gasteiger partial charge in [0.05, 0.1) is 4.53 Å². The minimum atomic E-state index is -0.483. The summed E-state index contributed by atoms with van der Waals surface area (Å²) in [5, 5.41) is 4.37. The molecule has 0 amide bonds. The Balaban J connectivity index is 1.47. The van der Waals surface area contributed by atoms with Crippen LogP contribution in [0.15, 0.2) is 41.2 Å². The van der Waals surface area contributed by atoms with Gasteiger partial charge >= 0.3 is 5.97 Å². The summed E-state index contributed by atoms with van der Waals surface area (Å²) in [7, 11) is 0. The summed E-state index contributed by atoms with van der Waals surface area (Å²) in [5.41, 5.74) is 2.21. The summed E-state index contributed by atoms with van der Waals surface area (Å²) >= 11 is 1.26. The van der Waals surface area contributed by atoms with Gasteiger partial charge in [-0.05, 0) is 60.9 Å². The molecule has 0 saturated carbocycles. The minimum absolute atomic E-state index is 0.250. The molecule has 1 atom stereocenters. The standard InChI is InChI=1S/C23H19N3O5S/c1-12-8-15(9-13(2)20(12)30-14(3)27)10-19-22(28)26-23(32-19)24-21(25-26)18-11-29-16-6-4-5-7-17(16)31-18/h4-10,18H,11H2,1-3H3. The number of carbonyl (C=O) groups is 1. The number of aromatic nitrogens is 3. The van der Waals surface area contributed by atoms with Gasteiger partial charge in [0.15, 0.2) is 23.4 Å². The van der Waals surface area contributed by atoms with Crippen LogP contribution in [0.25, 0.3) is 11.0 Å². The summed E-state index contributed by atoms with van der Waals surface area (Å²) in [5.74, 6) is 1.89. The van der Waals surface area contributed by atoms with Gasteiger partial charge in [-0.2, -0.15) is 9.50 Å². The monoisotopic (exact) mass is 449 g/mol. The van der Waals surface area contributed by atoms with Gasteiger partial charge in [-0.15, -0.1) is 5.10 Å². The first-order chi connectivity index (χ1) is 15.4. The van der Waals surface area contributed by atoms with Gasteiger partial charge in [-0.3, -0.25) is 9.59 Å². The Kier molecular flexibility index (Phi) is 4.90.